The van der Waals surface area contributed by atoms with Gasteiger partial charge in [-0.2, -0.15) is 5.10 Å². The molecule has 0 fully saturated rings. The van der Waals surface area contributed by atoms with Gasteiger partial charge in [-0.05, 0) is 30.3 Å². The second-order valence-electron chi connectivity index (χ2n) is 7.51. The fraction of sp³-hybridized carbons (Fsp3) is 0.130. The molecular weight excluding hydrogens is 466 g/mol. The van der Waals surface area contributed by atoms with Gasteiger partial charge in [-0.1, -0.05) is 40.2 Å². The Morgan fingerprint density at radius 2 is 1.74 bits per heavy atom. The number of hydrogen-bond donors (Lipinski definition) is 1. The molecule has 3 aromatic carbocycles. The predicted molar refractivity (Wildman–Crippen MR) is 117 cm³/mol. The average Bonchev–Trinajstić information content (AvgIpc) is 3.34. The summed E-state index contributed by atoms with van der Waals surface area (Å²) in [5.74, 6) is -1.52. The van der Waals surface area contributed by atoms with Gasteiger partial charge in [0.1, 0.15) is 29.9 Å². The van der Waals surface area contributed by atoms with Crippen LogP contribution >= 0.6 is 15.9 Å². The Balaban J connectivity index is 1.72. The Kier molecular flexibility index (Phi) is 4.83. The lowest BCUT2D eigenvalue weighted by Gasteiger charge is -2.30. The smallest absolute Gasteiger partial charge is 0.137 e. The molecule has 5 aromatic rings. The predicted octanol–water partition coefficient (Wildman–Crippen LogP) is 5.01. The molecule has 0 saturated carbocycles. The maximum absolute atomic E-state index is 14.8. The van der Waals surface area contributed by atoms with Gasteiger partial charge in [0.25, 0.3) is 0 Å². The minimum absolute atomic E-state index is 0.00700. The van der Waals surface area contributed by atoms with E-state index in [0.29, 0.717) is 0 Å². The number of rotatable bonds is 5. The lowest BCUT2D eigenvalue weighted by atomic mass is 9.92. The van der Waals surface area contributed by atoms with Gasteiger partial charge in [0.2, 0.25) is 0 Å². The summed E-state index contributed by atoms with van der Waals surface area (Å²) in [7, 11) is 0. The van der Waals surface area contributed by atoms with E-state index >= 15 is 0 Å². The van der Waals surface area contributed by atoms with E-state index < -0.39 is 17.2 Å². The molecule has 156 valence electrons. The monoisotopic (exact) mass is 482 g/mol. The van der Waals surface area contributed by atoms with Crippen LogP contribution in [0.15, 0.2) is 77.8 Å². The van der Waals surface area contributed by atoms with E-state index in [0.717, 1.165) is 38.4 Å². The van der Waals surface area contributed by atoms with Gasteiger partial charge in [-0.15, -0.1) is 0 Å². The number of hydrogen-bond acceptors (Lipinski definition) is 3. The third-order valence-electron chi connectivity index (χ3n) is 5.48. The quantitative estimate of drug-likeness (QED) is 0.382. The van der Waals surface area contributed by atoms with Crippen molar-refractivity contribution in [3.8, 4) is 0 Å². The standard InChI is InChI=1S/C23H17BrF2N4O/c24-15-5-8-22-18(9-15)17-3-1-2-4-21(17)30(22)12-23(31,11-29-14-27-13-28-29)19-7-6-16(25)10-20(19)26/h1-10,13-14,31H,11-12H2. The van der Waals surface area contributed by atoms with Gasteiger partial charge in [0.05, 0.1) is 13.1 Å². The van der Waals surface area contributed by atoms with Crippen LogP contribution < -0.4 is 0 Å². The van der Waals surface area contributed by atoms with Crippen LogP contribution in [0.4, 0.5) is 8.78 Å². The van der Waals surface area contributed by atoms with E-state index in [1.54, 1.807) is 0 Å². The fourth-order valence-electron chi connectivity index (χ4n) is 4.13. The van der Waals surface area contributed by atoms with Gasteiger partial charge in [-0.25, -0.2) is 18.4 Å². The van der Waals surface area contributed by atoms with Gasteiger partial charge >= 0.3 is 0 Å². The van der Waals surface area contributed by atoms with E-state index in [1.807, 2.05) is 47.0 Å². The molecule has 0 saturated heterocycles. The van der Waals surface area contributed by atoms with Crippen molar-refractivity contribution >= 4 is 37.7 Å². The van der Waals surface area contributed by atoms with Gasteiger partial charge in [0.15, 0.2) is 0 Å². The lowest BCUT2D eigenvalue weighted by Crippen LogP contribution is -2.37. The van der Waals surface area contributed by atoms with Gasteiger partial charge < -0.3 is 9.67 Å². The molecule has 1 unspecified atom stereocenters. The maximum atomic E-state index is 14.8. The third kappa shape index (κ3) is 3.51. The Bertz CT molecular complexity index is 1400. The number of para-hydroxylation sites is 1. The van der Waals surface area contributed by atoms with Crippen LogP contribution in [0.25, 0.3) is 21.8 Å². The number of fused-ring (bicyclic) bond motifs is 3. The number of halogens is 3. The highest BCUT2D eigenvalue weighted by Crippen LogP contribution is 2.35. The molecule has 0 amide bonds. The summed E-state index contributed by atoms with van der Waals surface area (Å²) < 4.78 is 32.7. The van der Waals surface area contributed by atoms with Crippen LogP contribution in [0.1, 0.15) is 5.56 Å². The second kappa shape index (κ2) is 7.55. The Labute approximate surface area is 184 Å². The molecule has 0 spiro atoms. The summed E-state index contributed by atoms with van der Waals surface area (Å²) in [6.07, 6.45) is 2.80. The lowest BCUT2D eigenvalue weighted by molar-refractivity contribution is -0.00340. The summed E-state index contributed by atoms with van der Waals surface area (Å²) in [5, 5.41) is 17.9. The van der Waals surface area contributed by atoms with Crippen molar-refractivity contribution < 1.29 is 13.9 Å². The van der Waals surface area contributed by atoms with Crippen molar-refractivity contribution in [3.05, 3.63) is 95.0 Å². The van der Waals surface area contributed by atoms with E-state index in [-0.39, 0.29) is 18.7 Å². The molecule has 0 aliphatic carbocycles. The average molecular weight is 483 g/mol. The summed E-state index contributed by atoms with van der Waals surface area (Å²) in [4.78, 5) is 3.92. The SMILES string of the molecule is OC(Cn1cncn1)(Cn1c2ccccc2c2cc(Br)ccc21)c1ccc(F)cc1F. The number of aliphatic hydroxyl groups is 1. The number of aromatic nitrogens is 4. The van der Waals surface area contributed by atoms with Crippen LogP contribution in [0.5, 0.6) is 0 Å². The number of benzene rings is 3. The minimum Gasteiger partial charge on any atom is -0.381 e. The normalized spacial score (nSPS) is 13.7. The molecule has 5 rings (SSSR count). The van der Waals surface area contributed by atoms with Crippen molar-refractivity contribution in [3.63, 3.8) is 0 Å². The van der Waals surface area contributed by atoms with E-state index in [1.165, 1.54) is 23.4 Å². The molecule has 0 aliphatic heterocycles. The largest absolute Gasteiger partial charge is 0.381 e. The first kappa shape index (κ1) is 19.8. The molecule has 0 radical (unpaired) electrons. The van der Waals surface area contributed by atoms with Gasteiger partial charge in [0, 0.05) is 37.9 Å². The third-order valence-corrected chi connectivity index (χ3v) is 5.97. The van der Waals surface area contributed by atoms with Crippen molar-refractivity contribution in [1.29, 1.82) is 0 Å². The van der Waals surface area contributed by atoms with Crippen molar-refractivity contribution in [2.24, 2.45) is 0 Å². The fourth-order valence-corrected chi connectivity index (χ4v) is 4.49. The molecule has 0 aliphatic rings. The van der Waals surface area contributed by atoms with Crippen LogP contribution in [-0.4, -0.2) is 24.4 Å². The highest BCUT2D eigenvalue weighted by molar-refractivity contribution is 9.10. The summed E-state index contributed by atoms with van der Waals surface area (Å²) in [6, 6.07) is 16.9. The molecule has 1 atom stereocenters. The van der Waals surface area contributed by atoms with Crippen LogP contribution in [-0.2, 0) is 18.7 Å². The van der Waals surface area contributed by atoms with E-state index in [9.17, 15) is 13.9 Å². The molecule has 2 aromatic heterocycles. The zero-order valence-corrected chi connectivity index (χ0v) is 17.8. The molecule has 2 heterocycles. The van der Waals surface area contributed by atoms with E-state index in [4.69, 9.17) is 0 Å². The first-order valence-corrected chi connectivity index (χ1v) is 10.4. The Morgan fingerprint density at radius 1 is 0.935 bits per heavy atom. The first-order valence-electron chi connectivity index (χ1n) is 9.61. The Morgan fingerprint density at radius 3 is 2.52 bits per heavy atom. The molecule has 8 heteroatoms. The Hall–Kier alpha value is -3.10. The van der Waals surface area contributed by atoms with Crippen LogP contribution in [0.2, 0.25) is 0 Å². The molecule has 1 N–H and O–H groups in total. The van der Waals surface area contributed by atoms with Crippen molar-refractivity contribution in [2.45, 2.75) is 18.7 Å². The zero-order chi connectivity index (χ0) is 21.6. The second-order valence-corrected chi connectivity index (χ2v) is 8.43. The summed E-state index contributed by atoms with van der Waals surface area (Å²) >= 11 is 3.52. The van der Waals surface area contributed by atoms with Crippen LogP contribution in [0, 0.1) is 11.6 Å². The summed E-state index contributed by atoms with van der Waals surface area (Å²) in [5.41, 5.74) is 0.0688. The van der Waals surface area contributed by atoms with Crippen molar-refractivity contribution in [2.75, 3.05) is 0 Å². The molecular formula is C23H17BrF2N4O. The summed E-state index contributed by atoms with van der Waals surface area (Å²) in [6.45, 7) is -0.0266. The topological polar surface area (TPSA) is 55.9 Å². The van der Waals surface area contributed by atoms with Crippen LogP contribution in [0.3, 0.4) is 0 Å². The van der Waals surface area contributed by atoms with E-state index in [2.05, 4.69) is 26.0 Å². The maximum Gasteiger partial charge on any atom is 0.137 e. The zero-order valence-electron chi connectivity index (χ0n) is 16.2. The first-order chi connectivity index (χ1) is 14.9. The van der Waals surface area contributed by atoms with Crippen molar-refractivity contribution in [1.82, 2.24) is 19.3 Å². The van der Waals surface area contributed by atoms with Gasteiger partial charge in [-0.3, -0.25) is 0 Å². The molecule has 31 heavy (non-hydrogen) atoms. The minimum atomic E-state index is -1.72. The highest BCUT2D eigenvalue weighted by Gasteiger charge is 2.35. The molecule has 5 nitrogen and oxygen atoms in total. The number of nitrogens with zero attached hydrogens (tertiary/aromatic N) is 4. The highest BCUT2D eigenvalue weighted by atomic mass is 79.9. The molecule has 0 bridgehead atoms.